The summed E-state index contributed by atoms with van der Waals surface area (Å²) in [7, 11) is 0. The number of aromatic nitrogens is 6. The third-order valence-corrected chi connectivity index (χ3v) is 4.17. The molecule has 2 N–H and O–H groups in total. The largest absolute Gasteiger partial charge is 0.318 e. The van der Waals surface area contributed by atoms with Crippen LogP contribution in [-0.2, 0) is 0 Å². The second kappa shape index (κ2) is 4.73. The molecule has 0 fully saturated rings. The normalized spacial score (nSPS) is 15.8. The van der Waals surface area contributed by atoms with Crippen LogP contribution in [0.15, 0.2) is 33.5 Å². The fraction of sp³-hybridized carbons (Fsp3) is 0.154. The van der Waals surface area contributed by atoms with Gasteiger partial charge in [0.1, 0.15) is 11.7 Å². The number of hydrogen-bond donors (Lipinski definition) is 2. The number of H-pyrrole nitrogens is 1. The highest BCUT2D eigenvalue weighted by molar-refractivity contribution is 9.10. The molecule has 0 radical (unpaired) electrons. The van der Waals surface area contributed by atoms with Gasteiger partial charge in [0.2, 0.25) is 5.95 Å². The maximum atomic E-state index is 12.1. The highest BCUT2D eigenvalue weighted by Crippen LogP contribution is 2.37. The Morgan fingerprint density at radius 1 is 1.27 bits per heavy atom. The first-order valence-electron chi connectivity index (χ1n) is 6.54. The molecule has 1 atom stereocenters. The lowest BCUT2D eigenvalue weighted by atomic mass is 9.95. The quantitative estimate of drug-likeness (QED) is 0.534. The predicted octanol–water partition coefficient (Wildman–Crippen LogP) is 1.52. The molecule has 0 aliphatic carbocycles. The summed E-state index contributed by atoms with van der Waals surface area (Å²) in [5.74, 6) is 0.427. The van der Waals surface area contributed by atoms with Gasteiger partial charge in [-0.05, 0) is 35.0 Å². The molecule has 3 aromatic rings. The third-order valence-electron chi connectivity index (χ3n) is 3.64. The van der Waals surface area contributed by atoms with E-state index in [0.29, 0.717) is 11.6 Å². The zero-order valence-corrected chi connectivity index (χ0v) is 13.0. The number of nitrogens with zero attached hydrogens (tertiary/aromatic N) is 5. The number of anilines is 2. The summed E-state index contributed by atoms with van der Waals surface area (Å²) >= 11 is 3.42. The number of fused-ring (bicyclic) bond motifs is 2. The van der Waals surface area contributed by atoms with E-state index in [-0.39, 0.29) is 11.6 Å². The Morgan fingerprint density at radius 3 is 2.82 bits per heavy atom. The van der Waals surface area contributed by atoms with E-state index in [2.05, 4.69) is 47.0 Å². The summed E-state index contributed by atoms with van der Waals surface area (Å²) in [5.41, 5.74) is 2.59. The molecular formula is C13H10BrN7O. The third kappa shape index (κ3) is 1.86. The molecule has 0 saturated heterocycles. The molecule has 1 aliphatic heterocycles. The maximum absolute atomic E-state index is 12.1. The van der Waals surface area contributed by atoms with Crippen molar-refractivity contribution in [2.45, 2.75) is 13.0 Å². The van der Waals surface area contributed by atoms with Crippen LogP contribution < -0.4 is 10.9 Å². The van der Waals surface area contributed by atoms with Crippen LogP contribution in [0.1, 0.15) is 22.9 Å². The van der Waals surface area contributed by atoms with Crippen molar-refractivity contribution in [1.82, 2.24) is 30.4 Å². The Balaban J connectivity index is 2.02. The molecule has 3 heterocycles. The van der Waals surface area contributed by atoms with Gasteiger partial charge in [0.15, 0.2) is 0 Å². The first kappa shape index (κ1) is 13.1. The number of aryl methyl sites for hydroxylation is 1. The van der Waals surface area contributed by atoms with E-state index in [0.717, 1.165) is 21.3 Å². The fourth-order valence-electron chi connectivity index (χ4n) is 2.65. The summed E-state index contributed by atoms with van der Waals surface area (Å²) in [4.78, 5) is 12.1. The molecule has 8 nitrogen and oxygen atoms in total. The standard InChI is InChI=1S/C13H10BrN7O/c1-6-9-10(12(22)17-16-6)15-13-18-19-20-21(13)11(9)7-2-4-8(14)5-3-7/h2-5,11H,1H3,(H,17,22)(H,15,18,20)/t11-/m1/s1. The van der Waals surface area contributed by atoms with Crippen molar-refractivity contribution in [3.63, 3.8) is 0 Å². The summed E-state index contributed by atoms with van der Waals surface area (Å²) in [6.45, 7) is 1.84. The molecule has 4 rings (SSSR count). The minimum Gasteiger partial charge on any atom is -0.318 e. The topological polar surface area (TPSA) is 101 Å². The number of hydrogen-bond acceptors (Lipinski definition) is 6. The van der Waals surface area contributed by atoms with Gasteiger partial charge >= 0.3 is 0 Å². The van der Waals surface area contributed by atoms with Crippen LogP contribution in [-0.4, -0.2) is 30.4 Å². The lowest BCUT2D eigenvalue weighted by Crippen LogP contribution is -2.29. The number of nitrogens with one attached hydrogen (secondary N) is 2. The van der Waals surface area contributed by atoms with Crippen molar-refractivity contribution >= 4 is 27.6 Å². The van der Waals surface area contributed by atoms with Gasteiger partial charge < -0.3 is 5.32 Å². The molecule has 0 spiro atoms. The van der Waals surface area contributed by atoms with Crippen molar-refractivity contribution in [3.8, 4) is 0 Å². The molecule has 1 aliphatic rings. The zero-order chi connectivity index (χ0) is 15.3. The molecule has 110 valence electrons. The minimum atomic E-state index is -0.302. The molecule has 0 unspecified atom stereocenters. The van der Waals surface area contributed by atoms with Crippen LogP contribution in [0.4, 0.5) is 11.6 Å². The zero-order valence-electron chi connectivity index (χ0n) is 11.4. The van der Waals surface area contributed by atoms with Crippen LogP contribution in [0, 0.1) is 6.92 Å². The first-order chi connectivity index (χ1) is 10.6. The van der Waals surface area contributed by atoms with Gasteiger partial charge in [0.05, 0.1) is 5.69 Å². The molecule has 1 aromatic carbocycles. The van der Waals surface area contributed by atoms with Gasteiger partial charge in [-0.25, -0.2) is 5.10 Å². The first-order valence-corrected chi connectivity index (χ1v) is 7.34. The second-order valence-corrected chi connectivity index (χ2v) is 5.87. The minimum absolute atomic E-state index is 0.294. The average Bonchev–Trinajstić information content (AvgIpc) is 2.98. The molecule has 22 heavy (non-hydrogen) atoms. The van der Waals surface area contributed by atoms with E-state index in [1.54, 1.807) is 4.68 Å². The van der Waals surface area contributed by atoms with Crippen LogP contribution in [0.2, 0.25) is 0 Å². The van der Waals surface area contributed by atoms with Crippen molar-refractivity contribution in [2.75, 3.05) is 5.32 Å². The maximum Gasteiger partial charge on any atom is 0.288 e. The number of benzene rings is 1. The van der Waals surface area contributed by atoms with E-state index >= 15 is 0 Å². The van der Waals surface area contributed by atoms with E-state index in [1.807, 2.05) is 31.2 Å². The lowest BCUT2D eigenvalue weighted by Gasteiger charge is -2.27. The fourth-order valence-corrected chi connectivity index (χ4v) is 2.91. The molecule has 0 amide bonds. The van der Waals surface area contributed by atoms with Crippen molar-refractivity contribution < 1.29 is 0 Å². The van der Waals surface area contributed by atoms with Crippen molar-refractivity contribution in [2.24, 2.45) is 0 Å². The van der Waals surface area contributed by atoms with Crippen LogP contribution in [0.25, 0.3) is 0 Å². The summed E-state index contributed by atoms with van der Waals surface area (Å²) < 4.78 is 2.63. The molecule has 0 saturated carbocycles. The Kier molecular flexibility index (Phi) is 2.83. The van der Waals surface area contributed by atoms with Gasteiger partial charge in [0.25, 0.3) is 5.56 Å². The highest BCUT2D eigenvalue weighted by Gasteiger charge is 2.32. The summed E-state index contributed by atoms with van der Waals surface area (Å²) in [6, 6.07) is 7.52. The summed E-state index contributed by atoms with van der Waals surface area (Å²) in [5, 5.41) is 21.2. The smallest absolute Gasteiger partial charge is 0.288 e. The Labute approximate surface area is 132 Å². The van der Waals surface area contributed by atoms with Gasteiger partial charge in [-0.15, -0.1) is 0 Å². The van der Waals surface area contributed by atoms with Gasteiger partial charge in [-0.2, -0.15) is 9.78 Å². The van der Waals surface area contributed by atoms with E-state index < -0.39 is 0 Å². The Morgan fingerprint density at radius 2 is 2.05 bits per heavy atom. The SMILES string of the molecule is Cc1n[nH]c(=O)c2c1[C@@H](c1ccc(Br)cc1)n1nnnc1N2. The van der Waals surface area contributed by atoms with Crippen LogP contribution in [0.5, 0.6) is 0 Å². The predicted molar refractivity (Wildman–Crippen MR) is 82.1 cm³/mol. The number of aromatic amines is 1. The summed E-state index contributed by atoms with van der Waals surface area (Å²) in [6.07, 6.45) is 0. The lowest BCUT2D eigenvalue weighted by molar-refractivity contribution is 0.562. The highest BCUT2D eigenvalue weighted by atomic mass is 79.9. The van der Waals surface area contributed by atoms with E-state index in [1.165, 1.54) is 0 Å². The van der Waals surface area contributed by atoms with Crippen LogP contribution in [0.3, 0.4) is 0 Å². The number of rotatable bonds is 1. The van der Waals surface area contributed by atoms with Crippen molar-refractivity contribution in [3.05, 3.63) is 55.9 Å². The average molecular weight is 360 g/mol. The van der Waals surface area contributed by atoms with Gasteiger partial charge in [-0.3, -0.25) is 4.79 Å². The number of tetrazole rings is 1. The van der Waals surface area contributed by atoms with Crippen LogP contribution >= 0.6 is 15.9 Å². The molecule has 0 bridgehead atoms. The van der Waals surface area contributed by atoms with Crippen molar-refractivity contribution in [1.29, 1.82) is 0 Å². The van der Waals surface area contributed by atoms with Gasteiger partial charge in [0, 0.05) is 10.0 Å². The Bertz CT molecular complexity index is 915. The molecular weight excluding hydrogens is 350 g/mol. The second-order valence-electron chi connectivity index (χ2n) is 4.95. The Hall–Kier alpha value is -2.55. The molecule has 2 aromatic heterocycles. The monoisotopic (exact) mass is 359 g/mol. The van der Waals surface area contributed by atoms with E-state index in [9.17, 15) is 4.79 Å². The van der Waals surface area contributed by atoms with Gasteiger partial charge in [-0.1, -0.05) is 33.2 Å². The number of halogens is 1. The molecule has 9 heteroatoms. The van der Waals surface area contributed by atoms with E-state index in [4.69, 9.17) is 0 Å².